The van der Waals surface area contributed by atoms with E-state index >= 15 is 0 Å². The van der Waals surface area contributed by atoms with Gasteiger partial charge in [-0.2, -0.15) is 8.78 Å². The normalized spacial score (nSPS) is 12.4. The maximum atomic E-state index is 14.6. The zero-order valence-corrected chi connectivity index (χ0v) is 37.3. The molecule has 3 atom stereocenters. The third kappa shape index (κ3) is 13.5. The van der Waals surface area contributed by atoms with Crippen LogP contribution < -0.4 is 35.9 Å². The Labute approximate surface area is 390 Å². The Kier molecular flexibility index (Phi) is 18.2. The molecule has 11 nitrogen and oxygen atoms in total. The van der Waals surface area contributed by atoms with E-state index in [9.17, 15) is 36.3 Å². The molecular formula is C52H51F5N4O7. The smallest absolute Gasteiger partial charge is 0.329 e. The van der Waals surface area contributed by atoms with E-state index in [1.807, 2.05) is 78.9 Å². The summed E-state index contributed by atoms with van der Waals surface area (Å²) >= 11 is 0. The third-order valence-electron chi connectivity index (χ3n) is 10.9. The number of hydrogen-bond donors (Lipinski definition) is 4. The molecule has 0 aliphatic carbocycles. The van der Waals surface area contributed by atoms with Gasteiger partial charge in [0.05, 0.1) is 6.04 Å². The fourth-order valence-electron chi connectivity index (χ4n) is 7.11. The SMILES string of the molecule is CNCCC[C@H](N)C(=O)N[C@@H](Cc1cc(-c2ccc(OCc3ccccc3)c(C[C@H](NC)C(=O)Oc3c(F)c(F)c(F)c(F)c3F)c2)ccc1OCc1ccccc1)C(=O)OCc1ccccc1. The van der Waals surface area contributed by atoms with Gasteiger partial charge in [-0.1, -0.05) is 103 Å². The molecule has 6 rings (SSSR count). The molecule has 0 aromatic heterocycles. The van der Waals surface area contributed by atoms with Crippen molar-refractivity contribution in [3.05, 3.63) is 184 Å². The van der Waals surface area contributed by atoms with E-state index in [4.69, 9.17) is 24.7 Å². The van der Waals surface area contributed by atoms with Crippen molar-refractivity contribution in [2.45, 2.75) is 63.6 Å². The van der Waals surface area contributed by atoms with Crippen molar-refractivity contribution in [3.8, 4) is 28.4 Å². The lowest BCUT2D eigenvalue weighted by Gasteiger charge is -2.22. The lowest BCUT2D eigenvalue weighted by molar-refractivity contribution is -0.149. The zero-order valence-electron chi connectivity index (χ0n) is 37.3. The van der Waals surface area contributed by atoms with E-state index in [0.717, 1.165) is 16.7 Å². The summed E-state index contributed by atoms with van der Waals surface area (Å²) in [5, 5.41) is 8.54. The van der Waals surface area contributed by atoms with E-state index in [-0.39, 0.29) is 32.7 Å². The molecule has 0 radical (unpaired) electrons. The van der Waals surface area contributed by atoms with Gasteiger partial charge < -0.3 is 40.6 Å². The van der Waals surface area contributed by atoms with Crippen LogP contribution in [-0.4, -0.2) is 56.6 Å². The highest BCUT2D eigenvalue weighted by atomic mass is 19.2. The van der Waals surface area contributed by atoms with Gasteiger partial charge in [-0.05, 0) is 96.7 Å². The van der Waals surface area contributed by atoms with Crippen LogP contribution in [0.4, 0.5) is 22.0 Å². The number of carbonyl (C=O) groups excluding carboxylic acids is 3. The minimum Gasteiger partial charge on any atom is -0.489 e. The first-order chi connectivity index (χ1) is 32.9. The number of nitrogens with one attached hydrogen (secondary N) is 3. The van der Waals surface area contributed by atoms with Gasteiger partial charge in [0, 0.05) is 12.8 Å². The first-order valence-corrected chi connectivity index (χ1v) is 21.8. The first-order valence-electron chi connectivity index (χ1n) is 21.8. The zero-order chi connectivity index (χ0) is 48.6. The van der Waals surface area contributed by atoms with Gasteiger partial charge in [-0.3, -0.25) is 4.79 Å². The monoisotopic (exact) mass is 938 g/mol. The highest BCUT2D eigenvalue weighted by Gasteiger charge is 2.32. The summed E-state index contributed by atoms with van der Waals surface area (Å²) in [6.45, 7) is 0.861. The van der Waals surface area contributed by atoms with Crippen molar-refractivity contribution < 1.29 is 55.3 Å². The number of halogens is 5. The molecule has 68 heavy (non-hydrogen) atoms. The van der Waals surface area contributed by atoms with Crippen LogP contribution in [0.3, 0.4) is 0 Å². The number of amides is 1. The topological polar surface area (TPSA) is 150 Å². The van der Waals surface area contributed by atoms with Gasteiger partial charge >= 0.3 is 11.9 Å². The van der Waals surface area contributed by atoms with Gasteiger partial charge in [0.25, 0.3) is 0 Å². The van der Waals surface area contributed by atoms with E-state index in [2.05, 4.69) is 16.0 Å². The van der Waals surface area contributed by atoms with Gasteiger partial charge in [0.2, 0.25) is 40.7 Å². The molecule has 0 saturated carbocycles. The van der Waals surface area contributed by atoms with Crippen LogP contribution in [0.5, 0.6) is 17.2 Å². The van der Waals surface area contributed by atoms with Crippen molar-refractivity contribution >= 4 is 17.8 Å². The van der Waals surface area contributed by atoms with Crippen LogP contribution in [0.1, 0.15) is 40.7 Å². The van der Waals surface area contributed by atoms with Crippen molar-refractivity contribution in [2.24, 2.45) is 5.73 Å². The highest BCUT2D eigenvalue weighted by Crippen LogP contribution is 2.34. The molecule has 0 saturated heterocycles. The second kappa shape index (κ2) is 24.6. The largest absolute Gasteiger partial charge is 0.489 e. The average molecular weight is 939 g/mol. The van der Waals surface area contributed by atoms with Crippen LogP contribution in [0, 0.1) is 29.1 Å². The van der Waals surface area contributed by atoms with Crippen molar-refractivity contribution in [1.82, 2.24) is 16.0 Å². The minimum absolute atomic E-state index is 0.0537. The van der Waals surface area contributed by atoms with Crippen molar-refractivity contribution in [3.63, 3.8) is 0 Å². The number of hydrogen-bond acceptors (Lipinski definition) is 10. The predicted molar refractivity (Wildman–Crippen MR) is 245 cm³/mol. The second-order valence-electron chi connectivity index (χ2n) is 15.8. The summed E-state index contributed by atoms with van der Waals surface area (Å²) in [4.78, 5) is 40.9. The van der Waals surface area contributed by atoms with Gasteiger partial charge in [-0.25, -0.2) is 22.8 Å². The summed E-state index contributed by atoms with van der Waals surface area (Å²) in [6.07, 6.45) is 0.643. The number of rotatable bonds is 23. The Hall–Kier alpha value is -7.14. The minimum atomic E-state index is -2.40. The fourth-order valence-corrected chi connectivity index (χ4v) is 7.11. The van der Waals surface area contributed by atoms with Crippen LogP contribution in [0.25, 0.3) is 11.1 Å². The molecule has 0 aliphatic heterocycles. The quantitative estimate of drug-likeness (QED) is 0.0124. The summed E-state index contributed by atoms with van der Waals surface area (Å²) in [7, 11) is 3.15. The van der Waals surface area contributed by atoms with Crippen LogP contribution in [0.2, 0.25) is 0 Å². The number of benzene rings is 6. The van der Waals surface area contributed by atoms with E-state index in [1.165, 1.54) is 7.05 Å². The van der Waals surface area contributed by atoms with Crippen molar-refractivity contribution in [2.75, 3.05) is 20.6 Å². The molecule has 0 unspecified atom stereocenters. The fraction of sp³-hybridized carbons (Fsp3) is 0.250. The molecule has 356 valence electrons. The lowest BCUT2D eigenvalue weighted by Crippen LogP contribution is -2.50. The molecule has 5 N–H and O–H groups in total. The lowest BCUT2D eigenvalue weighted by atomic mass is 9.95. The molecule has 0 heterocycles. The van der Waals surface area contributed by atoms with E-state index < -0.39 is 70.8 Å². The maximum Gasteiger partial charge on any atom is 0.329 e. The molecule has 16 heteroatoms. The molecule has 1 amide bonds. The van der Waals surface area contributed by atoms with Crippen molar-refractivity contribution in [1.29, 1.82) is 0 Å². The Morgan fingerprint density at radius 1 is 0.574 bits per heavy atom. The second-order valence-corrected chi connectivity index (χ2v) is 15.8. The molecule has 6 aromatic carbocycles. The van der Waals surface area contributed by atoms with Crippen LogP contribution in [-0.2, 0) is 51.8 Å². The molecule has 0 aliphatic rings. The standard InChI is InChI=1S/C52H51F5N4O7/c1-59-24-12-19-39(58)50(62)61-41(51(63)67-31-34-17-10-5-11-18-34)28-38-26-36(21-23-43(38)66-30-33-15-8-4-9-16-33)35-20-22-42(65-29-32-13-6-3-7-14-32)37(25-35)27-40(60-2)52(64)68-49-47(56)45(54)44(53)46(55)48(49)57/h3-11,13-18,20-23,25-26,39-41,59-60H,12,19,24,27-31,58H2,1-2H3,(H,61,62)/t39-,40-,41-/m0/s1. The highest BCUT2D eigenvalue weighted by molar-refractivity contribution is 5.87. The van der Waals surface area contributed by atoms with Crippen LogP contribution in [0.15, 0.2) is 127 Å². The summed E-state index contributed by atoms with van der Waals surface area (Å²) in [6, 6.07) is 34.6. The molecular weight excluding hydrogens is 888 g/mol. The summed E-state index contributed by atoms with van der Waals surface area (Å²) in [5.41, 5.74) is 10.8. The number of carbonyl (C=O) groups is 3. The third-order valence-corrected chi connectivity index (χ3v) is 10.9. The average Bonchev–Trinajstić information content (AvgIpc) is 3.37. The number of ether oxygens (including phenoxy) is 4. The number of esters is 2. The summed E-state index contributed by atoms with van der Waals surface area (Å²) < 4.78 is 94.2. The molecule has 6 aromatic rings. The maximum absolute atomic E-state index is 14.6. The first kappa shape index (κ1) is 50.3. The Morgan fingerprint density at radius 3 is 1.50 bits per heavy atom. The van der Waals surface area contributed by atoms with E-state index in [1.54, 1.807) is 55.6 Å². The predicted octanol–water partition coefficient (Wildman–Crippen LogP) is 8.04. The molecule has 0 fully saturated rings. The van der Waals surface area contributed by atoms with Crippen LogP contribution >= 0.6 is 0 Å². The van der Waals surface area contributed by atoms with Gasteiger partial charge in [-0.15, -0.1) is 0 Å². The van der Waals surface area contributed by atoms with E-state index in [0.29, 0.717) is 53.1 Å². The Morgan fingerprint density at radius 2 is 1.03 bits per heavy atom. The number of nitrogens with two attached hydrogens (primary N) is 1. The number of likely N-dealkylation sites (N-methyl/N-ethyl adjacent to an activating group) is 1. The Bertz CT molecular complexity index is 2620. The molecule has 0 spiro atoms. The van der Waals surface area contributed by atoms with Gasteiger partial charge in [0.1, 0.15) is 43.4 Å². The van der Waals surface area contributed by atoms with Gasteiger partial charge in [0.15, 0.2) is 0 Å². The molecule has 0 bridgehead atoms. The Balaban J connectivity index is 1.36. The summed E-state index contributed by atoms with van der Waals surface area (Å²) in [5.74, 6) is -15.2.